The summed E-state index contributed by atoms with van der Waals surface area (Å²) in [5.41, 5.74) is 0. The molecule has 0 amide bonds. The van der Waals surface area contributed by atoms with Crippen molar-refractivity contribution >= 4 is 5.78 Å². The Morgan fingerprint density at radius 2 is 1.87 bits per heavy atom. The molecule has 88 valence electrons. The van der Waals surface area contributed by atoms with Crippen LogP contribution in [0.5, 0.6) is 0 Å². The van der Waals surface area contributed by atoms with Crippen molar-refractivity contribution in [1.29, 1.82) is 0 Å². The van der Waals surface area contributed by atoms with Crippen molar-refractivity contribution in [2.75, 3.05) is 0 Å². The lowest BCUT2D eigenvalue weighted by Crippen LogP contribution is -2.26. The molecule has 0 heterocycles. The van der Waals surface area contributed by atoms with E-state index in [4.69, 9.17) is 0 Å². The molecule has 0 aliphatic heterocycles. The Labute approximate surface area is 94.6 Å². The Hall–Kier alpha value is -0.330. The molecule has 1 heteroatoms. The highest BCUT2D eigenvalue weighted by Crippen LogP contribution is 2.34. The molecule has 0 aromatic carbocycles. The lowest BCUT2D eigenvalue weighted by Gasteiger charge is -2.31. The van der Waals surface area contributed by atoms with Gasteiger partial charge in [-0.3, -0.25) is 4.79 Å². The standard InChI is InChI=1S/C14H26O/c1-4-5-6-7-14(15)13-9-8-11(2)12(3)10-13/h11-13H,4-10H2,1-3H3. The minimum absolute atomic E-state index is 0.396. The van der Waals surface area contributed by atoms with Crippen molar-refractivity contribution in [3.05, 3.63) is 0 Å². The maximum atomic E-state index is 11.9. The molecule has 1 rings (SSSR count). The quantitative estimate of drug-likeness (QED) is 0.621. The number of ketones is 1. The zero-order valence-corrected chi connectivity index (χ0v) is 10.6. The first-order valence-electron chi connectivity index (χ1n) is 6.67. The summed E-state index contributed by atoms with van der Waals surface area (Å²) >= 11 is 0. The molecule has 0 spiro atoms. The van der Waals surface area contributed by atoms with Crippen LogP contribution in [0, 0.1) is 17.8 Å². The van der Waals surface area contributed by atoms with E-state index in [1.165, 1.54) is 19.3 Å². The SMILES string of the molecule is CCCCCC(=O)C1CCC(C)C(C)C1. The lowest BCUT2D eigenvalue weighted by molar-refractivity contribution is -0.124. The normalized spacial score (nSPS) is 31.5. The second kappa shape index (κ2) is 6.30. The van der Waals surface area contributed by atoms with Gasteiger partial charge in [0.15, 0.2) is 0 Å². The first-order chi connectivity index (χ1) is 7.15. The van der Waals surface area contributed by atoms with Crippen LogP contribution in [-0.2, 0) is 4.79 Å². The fraction of sp³-hybridized carbons (Fsp3) is 0.929. The summed E-state index contributed by atoms with van der Waals surface area (Å²) in [5.74, 6) is 2.51. The Morgan fingerprint density at radius 1 is 1.13 bits per heavy atom. The molecule has 15 heavy (non-hydrogen) atoms. The highest BCUT2D eigenvalue weighted by atomic mass is 16.1. The Bertz CT molecular complexity index is 198. The molecule has 1 fully saturated rings. The number of carbonyl (C=O) groups excluding carboxylic acids is 1. The molecule has 3 unspecified atom stereocenters. The largest absolute Gasteiger partial charge is 0.299 e. The minimum Gasteiger partial charge on any atom is -0.299 e. The fourth-order valence-corrected chi connectivity index (χ4v) is 2.59. The molecule has 1 nitrogen and oxygen atoms in total. The second-order valence-corrected chi connectivity index (χ2v) is 5.39. The number of unbranched alkanes of at least 4 members (excludes halogenated alkanes) is 2. The van der Waals surface area contributed by atoms with Gasteiger partial charge in [0.25, 0.3) is 0 Å². The Balaban J connectivity index is 2.28. The molecule has 0 bridgehead atoms. The van der Waals surface area contributed by atoms with Crippen LogP contribution in [0.15, 0.2) is 0 Å². The van der Waals surface area contributed by atoms with Gasteiger partial charge in [0.05, 0.1) is 0 Å². The summed E-state index contributed by atoms with van der Waals surface area (Å²) in [7, 11) is 0. The average Bonchev–Trinajstić information content (AvgIpc) is 2.22. The van der Waals surface area contributed by atoms with Crippen molar-refractivity contribution in [1.82, 2.24) is 0 Å². The van der Waals surface area contributed by atoms with Gasteiger partial charge in [-0.25, -0.2) is 0 Å². The topological polar surface area (TPSA) is 17.1 Å². The molecule has 1 aliphatic rings. The van der Waals surface area contributed by atoms with Crippen molar-refractivity contribution in [2.24, 2.45) is 17.8 Å². The summed E-state index contributed by atoms with van der Waals surface area (Å²) in [4.78, 5) is 11.9. The smallest absolute Gasteiger partial charge is 0.135 e. The van der Waals surface area contributed by atoms with E-state index in [2.05, 4.69) is 20.8 Å². The molecular weight excluding hydrogens is 184 g/mol. The van der Waals surface area contributed by atoms with Crippen LogP contribution in [0.1, 0.15) is 65.7 Å². The van der Waals surface area contributed by atoms with Gasteiger partial charge in [0.1, 0.15) is 5.78 Å². The van der Waals surface area contributed by atoms with Crippen LogP contribution >= 0.6 is 0 Å². The molecule has 0 aromatic heterocycles. The van der Waals surface area contributed by atoms with E-state index in [1.54, 1.807) is 0 Å². The minimum atomic E-state index is 0.396. The third kappa shape index (κ3) is 3.96. The number of rotatable bonds is 5. The Morgan fingerprint density at radius 3 is 2.47 bits per heavy atom. The molecule has 0 aromatic rings. The van der Waals surface area contributed by atoms with Crippen LogP contribution in [0.3, 0.4) is 0 Å². The van der Waals surface area contributed by atoms with Crippen LogP contribution in [0.25, 0.3) is 0 Å². The highest BCUT2D eigenvalue weighted by molar-refractivity contribution is 5.81. The second-order valence-electron chi connectivity index (χ2n) is 5.39. The monoisotopic (exact) mass is 210 g/mol. The zero-order chi connectivity index (χ0) is 11.3. The van der Waals surface area contributed by atoms with Crippen molar-refractivity contribution in [3.8, 4) is 0 Å². The van der Waals surface area contributed by atoms with Gasteiger partial charge in [-0.2, -0.15) is 0 Å². The van der Waals surface area contributed by atoms with Crippen molar-refractivity contribution in [2.45, 2.75) is 65.7 Å². The summed E-state index contributed by atoms with van der Waals surface area (Å²) in [6.45, 7) is 6.81. The van der Waals surface area contributed by atoms with Gasteiger partial charge < -0.3 is 0 Å². The van der Waals surface area contributed by atoms with Crippen LogP contribution in [-0.4, -0.2) is 5.78 Å². The maximum absolute atomic E-state index is 11.9. The molecular formula is C14H26O. The van der Waals surface area contributed by atoms with Gasteiger partial charge in [0, 0.05) is 12.3 Å². The van der Waals surface area contributed by atoms with Crippen molar-refractivity contribution in [3.63, 3.8) is 0 Å². The lowest BCUT2D eigenvalue weighted by atomic mass is 9.74. The number of carbonyl (C=O) groups is 1. The number of hydrogen-bond acceptors (Lipinski definition) is 1. The predicted octanol–water partition coefficient (Wildman–Crippen LogP) is 4.21. The van der Waals surface area contributed by atoms with E-state index in [1.807, 2.05) is 0 Å². The maximum Gasteiger partial charge on any atom is 0.135 e. The van der Waals surface area contributed by atoms with Gasteiger partial charge in [-0.1, -0.05) is 33.6 Å². The first kappa shape index (κ1) is 12.7. The average molecular weight is 210 g/mol. The van der Waals surface area contributed by atoms with Gasteiger partial charge in [-0.15, -0.1) is 0 Å². The third-order valence-electron chi connectivity index (χ3n) is 4.08. The van der Waals surface area contributed by atoms with E-state index in [-0.39, 0.29) is 0 Å². The summed E-state index contributed by atoms with van der Waals surface area (Å²) in [5, 5.41) is 0. The molecule has 0 N–H and O–H groups in total. The van der Waals surface area contributed by atoms with Crippen LogP contribution < -0.4 is 0 Å². The summed E-state index contributed by atoms with van der Waals surface area (Å²) in [6.07, 6.45) is 7.92. The van der Waals surface area contributed by atoms with Gasteiger partial charge in [-0.05, 0) is 37.5 Å². The van der Waals surface area contributed by atoms with Crippen LogP contribution in [0.2, 0.25) is 0 Å². The van der Waals surface area contributed by atoms with Crippen LogP contribution in [0.4, 0.5) is 0 Å². The highest BCUT2D eigenvalue weighted by Gasteiger charge is 2.28. The van der Waals surface area contributed by atoms with E-state index >= 15 is 0 Å². The Kier molecular flexibility index (Phi) is 5.35. The molecule has 0 radical (unpaired) electrons. The number of hydrogen-bond donors (Lipinski definition) is 0. The molecule has 1 aliphatic carbocycles. The molecule has 0 saturated heterocycles. The molecule has 3 atom stereocenters. The number of Topliss-reactive ketones (excluding diaryl/α,β-unsaturated/α-hetero) is 1. The van der Waals surface area contributed by atoms with Gasteiger partial charge in [0.2, 0.25) is 0 Å². The van der Waals surface area contributed by atoms with E-state index in [0.29, 0.717) is 11.7 Å². The fourth-order valence-electron chi connectivity index (χ4n) is 2.59. The van der Waals surface area contributed by atoms with E-state index < -0.39 is 0 Å². The molecule has 1 saturated carbocycles. The van der Waals surface area contributed by atoms with Crippen molar-refractivity contribution < 1.29 is 4.79 Å². The zero-order valence-electron chi connectivity index (χ0n) is 10.6. The van der Waals surface area contributed by atoms with E-state index in [9.17, 15) is 4.79 Å². The van der Waals surface area contributed by atoms with Gasteiger partial charge >= 0.3 is 0 Å². The third-order valence-corrected chi connectivity index (χ3v) is 4.08. The summed E-state index contributed by atoms with van der Waals surface area (Å²) < 4.78 is 0. The van der Waals surface area contributed by atoms with E-state index in [0.717, 1.165) is 37.5 Å². The first-order valence-corrected chi connectivity index (χ1v) is 6.67. The summed E-state index contributed by atoms with van der Waals surface area (Å²) in [6, 6.07) is 0. The predicted molar refractivity (Wildman–Crippen MR) is 64.8 cm³/mol.